The molecule has 0 aromatic carbocycles. The molecule has 0 N–H and O–H groups in total. The highest BCUT2D eigenvalue weighted by atomic mass is 16.6. The summed E-state index contributed by atoms with van der Waals surface area (Å²) in [5.74, 6) is -0.188. The standard InChI is InChI=1S/C9H12N6O2/c1-9(2,3)17-8(16)12-7(13-14-10)15-6-4-5-11-15/h4-6H,1-3H3/b12-7+. The Bertz CT molecular complexity index is 464. The minimum atomic E-state index is -0.838. The van der Waals surface area contributed by atoms with Crippen LogP contribution in [0.25, 0.3) is 10.4 Å². The molecular formula is C9H12N6O2. The molecule has 1 aromatic rings. The summed E-state index contributed by atoms with van der Waals surface area (Å²) >= 11 is 0. The molecule has 0 aliphatic rings. The number of rotatable bonds is 0. The van der Waals surface area contributed by atoms with Crippen molar-refractivity contribution in [1.29, 1.82) is 0 Å². The van der Waals surface area contributed by atoms with Gasteiger partial charge in [0.2, 0.25) is 5.96 Å². The van der Waals surface area contributed by atoms with Gasteiger partial charge >= 0.3 is 6.09 Å². The molecular weight excluding hydrogens is 224 g/mol. The predicted molar refractivity (Wildman–Crippen MR) is 60.4 cm³/mol. The second kappa shape index (κ2) is 5.13. The van der Waals surface area contributed by atoms with Crippen molar-refractivity contribution in [2.24, 2.45) is 10.1 Å². The highest BCUT2D eigenvalue weighted by Gasteiger charge is 2.16. The molecule has 0 saturated heterocycles. The quantitative estimate of drug-likeness (QED) is 0.227. The van der Waals surface area contributed by atoms with Gasteiger partial charge in [0.25, 0.3) is 0 Å². The molecule has 1 rings (SSSR count). The average molecular weight is 236 g/mol. The molecule has 90 valence electrons. The van der Waals surface area contributed by atoms with Gasteiger partial charge in [-0.2, -0.15) is 10.1 Å². The van der Waals surface area contributed by atoms with E-state index in [9.17, 15) is 4.79 Å². The number of aliphatic imine (C=N–C) groups is 1. The Kier molecular flexibility index (Phi) is 3.84. The summed E-state index contributed by atoms with van der Waals surface area (Å²) < 4.78 is 6.13. The third-order valence-corrected chi connectivity index (χ3v) is 1.43. The first-order valence-corrected chi connectivity index (χ1v) is 4.79. The number of azide groups is 1. The third-order valence-electron chi connectivity index (χ3n) is 1.43. The Morgan fingerprint density at radius 1 is 1.53 bits per heavy atom. The highest BCUT2D eigenvalue weighted by molar-refractivity contribution is 5.91. The van der Waals surface area contributed by atoms with E-state index in [1.165, 1.54) is 17.1 Å². The Morgan fingerprint density at radius 3 is 2.71 bits per heavy atom. The van der Waals surface area contributed by atoms with E-state index in [0.717, 1.165) is 0 Å². The third kappa shape index (κ3) is 4.35. The van der Waals surface area contributed by atoms with Crippen LogP contribution < -0.4 is 0 Å². The van der Waals surface area contributed by atoms with E-state index in [2.05, 4.69) is 20.1 Å². The Hall–Kier alpha value is -2.34. The van der Waals surface area contributed by atoms with E-state index in [4.69, 9.17) is 10.3 Å². The molecule has 17 heavy (non-hydrogen) atoms. The van der Waals surface area contributed by atoms with Crippen molar-refractivity contribution in [3.8, 4) is 0 Å². The van der Waals surface area contributed by atoms with E-state index in [-0.39, 0.29) is 5.96 Å². The minimum absolute atomic E-state index is 0.188. The van der Waals surface area contributed by atoms with Gasteiger partial charge in [0.15, 0.2) is 0 Å². The van der Waals surface area contributed by atoms with Crippen LogP contribution in [0.4, 0.5) is 4.79 Å². The molecule has 0 aliphatic heterocycles. The van der Waals surface area contributed by atoms with Crippen molar-refractivity contribution in [2.75, 3.05) is 0 Å². The Morgan fingerprint density at radius 2 is 2.24 bits per heavy atom. The highest BCUT2D eigenvalue weighted by Crippen LogP contribution is 2.08. The fraction of sp³-hybridized carbons (Fsp3) is 0.444. The van der Waals surface area contributed by atoms with Crippen LogP contribution in [0.3, 0.4) is 0 Å². The summed E-state index contributed by atoms with van der Waals surface area (Å²) in [5, 5.41) is 7.06. The van der Waals surface area contributed by atoms with Crippen LogP contribution in [-0.4, -0.2) is 27.4 Å². The minimum Gasteiger partial charge on any atom is -0.442 e. The van der Waals surface area contributed by atoms with Gasteiger partial charge in [0.05, 0.1) is 0 Å². The SMILES string of the molecule is CC(C)(C)OC(=O)/N=C(\N=[N+]=[N-])n1cccn1. The predicted octanol–water partition coefficient (Wildman–Crippen LogP) is 2.33. The molecule has 0 unspecified atom stereocenters. The van der Waals surface area contributed by atoms with Gasteiger partial charge in [0.1, 0.15) is 5.60 Å². The van der Waals surface area contributed by atoms with Crippen LogP contribution in [0, 0.1) is 0 Å². The second-order valence-corrected chi connectivity index (χ2v) is 4.03. The van der Waals surface area contributed by atoms with E-state index < -0.39 is 11.7 Å². The van der Waals surface area contributed by atoms with Gasteiger partial charge in [-0.05, 0) is 37.5 Å². The van der Waals surface area contributed by atoms with Gasteiger partial charge in [-0.15, -0.1) is 0 Å². The van der Waals surface area contributed by atoms with E-state index in [0.29, 0.717) is 0 Å². The van der Waals surface area contributed by atoms with Crippen molar-refractivity contribution in [1.82, 2.24) is 9.78 Å². The van der Waals surface area contributed by atoms with Crippen LogP contribution >= 0.6 is 0 Å². The molecule has 0 bridgehead atoms. The first-order valence-electron chi connectivity index (χ1n) is 4.79. The van der Waals surface area contributed by atoms with Crippen molar-refractivity contribution in [3.05, 3.63) is 28.9 Å². The molecule has 8 heteroatoms. The van der Waals surface area contributed by atoms with Crippen molar-refractivity contribution in [2.45, 2.75) is 26.4 Å². The zero-order valence-electron chi connectivity index (χ0n) is 9.73. The van der Waals surface area contributed by atoms with Gasteiger partial charge < -0.3 is 4.74 Å². The smallest absolute Gasteiger partial charge is 0.436 e. The van der Waals surface area contributed by atoms with Crippen molar-refractivity contribution in [3.63, 3.8) is 0 Å². The maximum atomic E-state index is 11.4. The lowest BCUT2D eigenvalue weighted by atomic mass is 10.2. The maximum Gasteiger partial charge on any atom is 0.436 e. The topological polar surface area (TPSA) is 105 Å². The molecule has 0 radical (unpaired) electrons. The molecule has 0 atom stereocenters. The summed E-state index contributed by atoms with van der Waals surface area (Å²) in [4.78, 5) is 17.5. The Labute approximate surface area is 97.5 Å². The van der Waals surface area contributed by atoms with Crippen LogP contribution in [0.1, 0.15) is 20.8 Å². The lowest BCUT2D eigenvalue weighted by Gasteiger charge is -2.17. The van der Waals surface area contributed by atoms with E-state index in [1.54, 1.807) is 26.8 Å². The van der Waals surface area contributed by atoms with Crippen molar-refractivity contribution >= 4 is 12.1 Å². The number of hydrogen-bond acceptors (Lipinski definition) is 3. The fourth-order valence-electron chi connectivity index (χ4n) is 0.913. The van der Waals surface area contributed by atoms with Crippen LogP contribution in [0.5, 0.6) is 0 Å². The zero-order valence-corrected chi connectivity index (χ0v) is 9.73. The second-order valence-electron chi connectivity index (χ2n) is 4.03. The van der Waals surface area contributed by atoms with E-state index >= 15 is 0 Å². The number of amides is 1. The van der Waals surface area contributed by atoms with E-state index in [1.807, 2.05) is 0 Å². The largest absolute Gasteiger partial charge is 0.442 e. The first kappa shape index (κ1) is 12.7. The monoisotopic (exact) mass is 236 g/mol. The molecule has 1 amide bonds. The summed E-state index contributed by atoms with van der Waals surface area (Å²) in [6.07, 6.45) is 2.13. The van der Waals surface area contributed by atoms with Crippen LogP contribution in [0.15, 0.2) is 28.6 Å². The molecule has 0 saturated carbocycles. The number of nitrogens with zero attached hydrogens (tertiary/aromatic N) is 6. The summed E-state index contributed by atoms with van der Waals surface area (Å²) in [7, 11) is 0. The maximum absolute atomic E-state index is 11.4. The molecule has 0 aliphatic carbocycles. The van der Waals surface area contributed by atoms with Gasteiger partial charge in [-0.25, -0.2) is 9.48 Å². The summed E-state index contributed by atoms with van der Waals surface area (Å²) in [6.45, 7) is 5.13. The molecule has 0 spiro atoms. The Balaban J connectivity index is 2.92. The first-order chi connectivity index (χ1) is 7.92. The summed E-state index contributed by atoms with van der Waals surface area (Å²) in [5.41, 5.74) is 7.70. The molecule has 8 nitrogen and oxygen atoms in total. The molecule has 1 aromatic heterocycles. The lowest BCUT2D eigenvalue weighted by Crippen LogP contribution is -2.23. The fourth-order valence-corrected chi connectivity index (χ4v) is 0.913. The average Bonchev–Trinajstić information content (AvgIpc) is 2.66. The van der Waals surface area contributed by atoms with Crippen molar-refractivity contribution < 1.29 is 9.53 Å². The van der Waals surface area contributed by atoms with Gasteiger partial charge in [-0.1, -0.05) is 0 Å². The summed E-state index contributed by atoms with van der Waals surface area (Å²) in [6, 6.07) is 1.61. The number of carbonyl (C=O) groups is 1. The number of carbonyl (C=O) groups excluding carboxylic acids is 1. The zero-order chi connectivity index (χ0) is 12.9. The number of aromatic nitrogens is 2. The van der Waals surface area contributed by atoms with Gasteiger partial charge in [0, 0.05) is 17.3 Å². The van der Waals surface area contributed by atoms with Gasteiger partial charge in [-0.3, -0.25) is 0 Å². The van der Waals surface area contributed by atoms with Crippen LogP contribution in [0.2, 0.25) is 0 Å². The molecule has 1 heterocycles. The number of ether oxygens (including phenoxy) is 1. The molecule has 0 fully saturated rings. The number of hydrogen-bond donors (Lipinski definition) is 0. The van der Waals surface area contributed by atoms with Crippen LogP contribution in [-0.2, 0) is 4.74 Å². The lowest BCUT2D eigenvalue weighted by molar-refractivity contribution is 0.0603. The normalized spacial score (nSPS) is 11.8.